The number of aromatic nitrogens is 2. The highest BCUT2D eigenvalue weighted by atomic mass is 16.5. The standard InChI is InChI=1S/C19H23N3O2/c1-14-18(15(2)24-21-14)19(23)22(12-16-8-4-3-5-9-16)13-17-10-6-7-11-20-17/h3-4,6-7,10-11,16H,5,8-9,12-13H2,1-2H3/t16-/m1/s1. The van der Waals surface area contributed by atoms with Crippen LogP contribution in [0.1, 0.15) is 46.8 Å². The zero-order valence-corrected chi connectivity index (χ0v) is 14.2. The van der Waals surface area contributed by atoms with Gasteiger partial charge in [-0.3, -0.25) is 9.78 Å². The molecule has 5 heteroatoms. The number of amides is 1. The van der Waals surface area contributed by atoms with E-state index < -0.39 is 0 Å². The summed E-state index contributed by atoms with van der Waals surface area (Å²) >= 11 is 0. The summed E-state index contributed by atoms with van der Waals surface area (Å²) in [4.78, 5) is 19.4. The number of pyridine rings is 1. The average Bonchev–Trinajstić information content (AvgIpc) is 2.94. The average molecular weight is 325 g/mol. The summed E-state index contributed by atoms with van der Waals surface area (Å²) in [6.45, 7) is 4.83. The Labute approximate surface area is 142 Å². The summed E-state index contributed by atoms with van der Waals surface area (Å²) < 4.78 is 5.18. The summed E-state index contributed by atoms with van der Waals surface area (Å²) in [5.41, 5.74) is 2.12. The lowest BCUT2D eigenvalue weighted by Crippen LogP contribution is -2.36. The maximum Gasteiger partial charge on any atom is 0.259 e. The fourth-order valence-corrected chi connectivity index (χ4v) is 3.19. The van der Waals surface area contributed by atoms with Crippen molar-refractivity contribution in [2.24, 2.45) is 5.92 Å². The van der Waals surface area contributed by atoms with Crippen molar-refractivity contribution in [1.29, 1.82) is 0 Å². The zero-order valence-electron chi connectivity index (χ0n) is 14.2. The normalized spacial score (nSPS) is 17.0. The van der Waals surface area contributed by atoms with Gasteiger partial charge in [-0.1, -0.05) is 23.4 Å². The highest BCUT2D eigenvalue weighted by Crippen LogP contribution is 2.23. The molecule has 0 spiro atoms. The molecular weight excluding hydrogens is 302 g/mol. The molecule has 1 aliphatic rings. The van der Waals surface area contributed by atoms with Crippen LogP contribution in [0.5, 0.6) is 0 Å². The molecule has 0 N–H and O–H groups in total. The van der Waals surface area contributed by atoms with Crippen molar-refractivity contribution in [2.75, 3.05) is 6.54 Å². The maximum absolute atomic E-state index is 13.1. The van der Waals surface area contributed by atoms with Crippen molar-refractivity contribution in [2.45, 2.75) is 39.7 Å². The molecule has 2 heterocycles. The van der Waals surface area contributed by atoms with E-state index in [9.17, 15) is 4.79 Å². The Balaban J connectivity index is 1.83. The second-order valence-electron chi connectivity index (χ2n) is 6.36. The number of hydrogen-bond acceptors (Lipinski definition) is 4. The number of hydrogen-bond donors (Lipinski definition) is 0. The van der Waals surface area contributed by atoms with Gasteiger partial charge in [-0.25, -0.2) is 0 Å². The molecule has 126 valence electrons. The van der Waals surface area contributed by atoms with Crippen LogP contribution in [0.15, 0.2) is 41.1 Å². The van der Waals surface area contributed by atoms with Crippen LogP contribution in [0, 0.1) is 19.8 Å². The molecular formula is C19H23N3O2. The lowest BCUT2D eigenvalue weighted by molar-refractivity contribution is 0.0705. The molecule has 24 heavy (non-hydrogen) atoms. The van der Waals surface area contributed by atoms with Gasteiger partial charge in [0, 0.05) is 12.7 Å². The SMILES string of the molecule is Cc1noc(C)c1C(=O)N(Cc1ccccn1)C[C@@H]1CC=CCC1. The molecule has 1 amide bonds. The van der Waals surface area contributed by atoms with Gasteiger partial charge in [-0.05, 0) is 51.2 Å². The largest absolute Gasteiger partial charge is 0.361 e. The first-order valence-electron chi connectivity index (χ1n) is 8.42. The van der Waals surface area contributed by atoms with Crippen LogP contribution in [0.25, 0.3) is 0 Å². The van der Waals surface area contributed by atoms with E-state index in [2.05, 4.69) is 22.3 Å². The molecule has 0 aliphatic heterocycles. The first-order valence-corrected chi connectivity index (χ1v) is 8.42. The highest BCUT2D eigenvalue weighted by molar-refractivity contribution is 5.96. The van der Waals surface area contributed by atoms with Gasteiger partial charge in [0.05, 0.1) is 17.9 Å². The third kappa shape index (κ3) is 3.72. The number of rotatable bonds is 5. The Bertz CT molecular complexity index is 702. The maximum atomic E-state index is 13.1. The van der Waals surface area contributed by atoms with Crippen molar-refractivity contribution >= 4 is 5.91 Å². The third-order valence-electron chi connectivity index (χ3n) is 4.47. The van der Waals surface area contributed by atoms with Crippen LogP contribution in [0.2, 0.25) is 0 Å². The lowest BCUT2D eigenvalue weighted by atomic mass is 9.93. The van der Waals surface area contributed by atoms with E-state index in [0.29, 0.717) is 29.5 Å². The molecule has 0 saturated carbocycles. The Kier molecular flexibility index (Phi) is 5.08. The van der Waals surface area contributed by atoms with Gasteiger partial charge in [0.25, 0.3) is 5.91 Å². The molecule has 0 radical (unpaired) electrons. The Morgan fingerprint density at radius 2 is 2.21 bits per heavy atom. The van der Waals surface area contributed by atoms with Crippen LogP contribution in [0.4, 0.5) is 0 Å². The van der Waals surface area contributed by atoms with E-state index in [1.807, 2.05) is 30.0 Å². The molecule has 2 aromatic heterocycles. The smallest absolute Gasteiger partial charge is 0.259 e. The molecule has 2 aromatic rings. The second kappa shape index (κ2) is 7.43. The summed E-state index contributed by atoms with van der Waals surface area (Å²) in [5.74, 6) is 1.04. The number of aryl methyl sites for hydroxylation is 2. The number of carbonyl (C=O) groups is 1. The molecule has 0 bridgehead atoms. The van der Waals surface area contributed by atoms with Crippen molar-refractivity contribution in [1.82, 2.24) is 15.0 Å². The van der Waals surface area contributed by atoms with E-state index >= 15 is 0 Å². The number of allylic oxidation sites excluding steroid dienone is 2. The predicted molar refractivity (Wildman–Crippen MR) is 91.4 cm³/mol. The first-order chi connectivity index (χ1) is 11.6. The fraction of sp³-hybridized carbons (Fsp3) is 0.421. The summed E-state index contributed by atoms with van der Waals surface area (Å²) in [7, 11) is 0. The van der Waals surface area contributed by atoms with E-state index in [1.54, 1.807) is 13.1 Å². The quantitative estimate of drug-likeness (QED) is 0.787. The van der Waals surface area contributed by atoms with Gasteiger partial charge in [-0.15, -0.1) is 0 Å². The van der Waals surface area contributed by atoms with E-state index in [1.165, 1.54) is 0 Å². The van der Waals surface area contributed by atoms with Crippen molar-refractivity contribution in [3.05, 3.63) is 59.3 Å². The monoisotopic (exact) mass is 325 g/mol. The van der Waals surface area contributed by atoms with Gasteiger partial charge in [0.2, 0.25) is 0 Å². The van der Waals surface area contributed by atoms with Crippen LogP contribution in [0.3, 0.4) is 0 Å². The second-order valence-corrected chi connectivity index (χ2v) is 6.36. The predicted octanol–water partition coefficient (Wildman–Crippen LogP) is 3.69. The Hall–Kier alpha value is -2.43. The molecule has 0 aromatic carbocycles. The van der Waals surface area contributed by atoms with E-state index in [-0.39, 0.29) is 5.91 Å². The van der Waals surface area contributed by atoms with Gasteiger partial charge in [-0.2, -0.15) is 0 Å². The highest BCUT2D eigenvalue weighted by Gasteiger charge is 2.26. The van der Waals surface area contributed by atoms with Crippen LogP contribution >= 0.6 is 0 Å². The van der Waals surface area contributed by atoms with Crippen LogP contribution in [-0.2, 0) is 6.54 Å². The molecule has 5 nitrogen and oxygen atoms in total. The van der Waals surface area contributed by atoms with E-state index in [0.717, 1.165) is 31.5 Å². The fourth-order valence-electron chi connectivity index (χ4n) is 3.19. The molecule has 0 fully saturated rings. The topological polar surface area (TPSA) is 59.2 Å². The lowest BCUT2D eigenvalue weighted by Gasteiger charge is -2.28. The minimum Gasteiger partial charge on any atom is -0.361 e. The summed E-state index contributed by atoms with van der Waals surface area (Å²) in [5, 5.41) is 3.92. The minimum atomic E-state index is -0.0218. The van der Waals surface area contributed by atoms with Gasteiger partial charge in [0.15, 0.2) is 0 Å². The minimum absolute atomic E-state index is 0.0218. The summed E-state index contributed by atoms with van der Waals surface area (Å²) in [6, 6.07) is 5.79. The summed E-state index contributed by atoms with van der Waals surface area (Å²) in [6.07, 6.45) is 9.42. The van der Waals surface area contributed by atoms with Crippen molar-refractivity contribution < 1.29 is 9.32 Å². The van der Waals surface area contributed by atoms with Gasteiger partial charge >= 0.3 is 0 Å². The van der Waals surface area contributed by atoms with Gasteiger partial charge in [0.1, 0.15) is 11.3 Å². The van der Waals surface area contributed by atoms with Crippen LogP contribution < -0.4 is 0 Å². The molecule has 1 aliphatic carbocycles. The number of carbonyl (C=O) groups excluding carboxylic acids is 1. The molecule has 3 rings (SSSR count). The van der Waals surface area contributed by atoms with E-state index in [4.69, 9.17) is 4.52 Å². The third-order valence-corrected chi connectivity index (χ3v) is 4.47. The first kappa shape index (κ1) is 16.4. The Morgan fingerprint density at radius 1 is 1.33 bits per heavy atom. The van der Waals surface area contributed by atoms with Crippen molar-refractivity contribution in [3.63, 3.8) is 0 Å². The zero-order chi connectivity index (χ0) is 16.9. The number of nitrogens with zero attached hydrogens (tertiary/aromatic N) is 3. The van der Waals surface area contributed by atoms with Crippen molar-refractivity contribution in [3.8, 4) is 0 Å². The molecule has 0 saturated heterocycles. The molecule has 0 unspecified atom stereocenters. The molecule has 1 atom stereocenters. The van der Waals surface area contributed by atoms with Crippen LogP contribution in [-0.4, -0.2) is 27.5 Å². The van der Waals surface area contributed by atoms with Gasteiger partial charge < -0.3 is 9.42 Å². The Morgan fingerprint density at radius 3 is 2.83 bits per heavy atom.